The minimum absolute atomic E-state index is 0.366. The highest BCUT2D eigenvalue weighted by atomic mass is 35.5. The highest BCUT2D eigenvalue weighted by Crippen LogP contribution is 2.34. The van der Waals surface area contributed by atoms with Crippen LogP contribution in [0.1, 0.15) is 37.8 Å². The van der Waals surface area contributed by atoms with Crippen molar-refractivity contribution in [2.45, 2.75) is 32.2 Å². The number of urea groups is 1. The fourth-order valence-electron chi connectivity index (χ4n) is 2.49. The zero-order valence-electron chi connectivity index (χ0n) is 12.9. The number of unbranched alkanes of at least 4 members (excludes halogenated alkanes) is 1. The Hall–Kier alpha value is -1.72. The summed E-state index contributed by atoms with van der Waals surface area (Å²) < 4.78 is 4.89. The molecule has 1 aromatic rings. The van der Waals surface area contributed by atoms with Crippen molar-refractivity contribution in [3.8, 4) is 0 Å². The predicted octanol–water partition coefficient (Wildman–Crippen LogP) is 3.96. The molecule has 1 heterocycles. The summed E-state index contributed by atoms with van der Waals surface area (Å²) in [6, 6.07) is 3.89. The van der Waals surface area contributed by atoms with Crippen LogP contribution in [0.3, 0.4) is 0 Å². The van der Waals surface area contributed by atoms with Crippen LogP contribution in [0.2, 0.25) is 10.0 Å². The van der Waals surface area contributed by atoms with E-state index in [1.165, 1.54) is 7.11 Å². The first kappa shape index (κ1) is 17.6. The van der Waals surface area contributed by atoms with Crippen molar-refractivity contribution >= 4 is 35.2 Å². The number of esters is 1. The first-order chi connectivity index (χ1) is 11.0. The smallest absolute Gasteiger partial charge is 0.337 e. The van der Waals surface area contributed by atoms with Gasteiger partial charge in [0.05, 0.1) is 18.7 Å². The maximum atomic E-state index is 12.3. The molecule has 1 aromatic carbocycles. The number of halogens is 2. The zero-order valence-corrected chi connectivity index (χ0v) is 14.4. The quantitative estimate of drug-likeness (QED) is 0.784. The van der Waals surface area contributed by atoms with Crippen molar-refractivity contribution in [3.05, 3.63) is 45.1 Å². The monoisotopic (exact) mass is 356 g/mol. The summed E-state index contributed by atoms with van der Waals surface area (Å²) in [6.07, 6.45) is 2.36. The van der Waals surface area contributed by atoms with Gasteiger partial charge < -0.3 is 15.4 Å². The summed E-state index contributed by atoms with van der Waals surface area (Å²) in [5, 5.41) is 6.29. The Balaban J connectivity index is 2.53. The Bertz CT molecular complexity index is 659. The molecule has 0 saturated carbocycles. The van der Waals surface area contributed by atoms with Gasteiger partial charge in [-0.3, -0.25) is 0 Å². The molecule has 5 nitrogen and oxygen atoms in total. The van der Waals surface area contributed by atoms with Gasteiger partial charge in [-0.25, -0.2) is 9.59 Å². The molecule has 1 atom stereocenters. The van der Waals surface area contributed by atoms with Crippen LogP contribution in [0.5, 0.6) is 0 Å². The third kappa shape index (κ3) is 3.98. The molecular weight excluding hydrogens is 339 g/mol. The van der Waals surface area contributed by atoms with Crippen LogP contribution in [0.4, 0.5) is 4.79 Å². The van der Waals surface area contributed by atoms with E-state index in [4.69, 9.17) is 27.9 Å². The maximum absolute atomic E-state index is 12.3. The maximum Gasteiger partial charge on any atom is 0.337 e. The van der Waals surface area contributed by atoms with E-state index in [9.17, 15) is 9.59 Å². The van der Waals surface area contributed by atoms with Gasteiger partial charge in [0.2, 0.25) is 0 Å². The molecule has 2 N–H and O–H groups in total. The van der Waals surface area contributed by atoms with Crippen LogP contribution in [-0.2, 0) is 9.53 Å². The number of hydrogen-bond acceptors (Lipinski definition) is 3. The lowest BCUT2D eigenvalue weighted by molar-refractivity contribution is -0.136. The fraction of sp³-hybridized carbons (Fsp3) is 0.375. The third-order valence-corrected chi connectivity index (χ3v) is 4.18. The van der Waals surface area contributed by atoms with E-state index in [1.54, 1.807) is 18.2 Å². The van der Waals surface area contributed by atoms with Crippen LogP contribution >= 0.6 is 23.2 Å². The second-order valence-corrected chi connectivity index (χ2v) is 6.03. The molecule has 1 aliphatic heterocycles. The highest BCUT2D eigenvalue weighted by molar-refractivity contribution is 6.35. The van der Waals surface area contributed by atoms with Gasteiger partial charge in [0.15, 0.2) is 0 Å². The van der Waals surface area contributed by atoms with E-state index in [0.29, 0.717) is 33.3 Å². The average Bonchev–Trinajstić information content (AvgIpc) is 2.51. The molecule has 2 amide bonds. The second kappa shape index (κ2) is 7.70. The van der Waals surface area contributed by atoms with Gasteiger partial charge in [-0.2, -0.15) is 0 Å². The predicted molar refractivity (Wildman–Crippen MR) is 89.4 cm³/mol. The van der Waals surface area contributed by atoms with E-state index < -0.39 is 12.0 Å². The van der Waals surface area contributed by atoms with E-state index >= 15 is 0 Å². The Morgan fingerprint density at radius 2 is 2.09 bits per heavy atom. The minimum atomic E-state index is -0.673. The molecule has 124 valence electrons. The molecule has 7 heteroatoms. The Morgan fingerprint density at radius 1 is 1.35 bits per heavy atom. The van der Waals surface area contributed by atoms with Crippen molar-refractivity contribution in [2.24, 2.45) is 0 Å². The molecule has 1 unspecified atom stereocenters. The molecule has 2 rings (SSSR count). The van der Waals surface area contributed by atoms with E-state index in [0.717, 1.165) is 12.8 Å². The summed E-state index contributed by atoms with van der Waals surface area (Å²) in [5.41, 5.74) is 1.53. The molecule has 0 saturated heterocycles. The van der Waals surface area contributed by atoms with Gasteiger partial charge in [0, 0.05) is 15.7 Å². The lowest BCUT2D eigenvalue weighted by Crippen LogP contribution is -2.46. The molecule has 23 heavy (non-hydrogen) atoms. The number of hydrogen-bond donors (Lipinski definition) is 2. The summed E-state index contributed by atoms with van der Waals surface area (Å²) in [6.45, 7) is 2.04. The van der Waals surface area contributed by atoms with Crippen LogP contribution in [0.25, 0.3) is 0 Å². The number of rotatable bonds is 5. The number of ether oxygens (including phenoxy) is 1. The number of benzene rings is 1. The molecule has 0 fully saturated rings. The summed E-state index contributed by atoms with van der Waals surface area (Å²) in [5.74, 6) is -0.500. The number of carbonyl (C=O) groups is 2. The summed E-state index contributed by atoms with van der Waals surface area (Å²) in [7, 11) is 1.31. The molecule has 0 bridgehead atoms. The first-order valence-electron chi connectivity index (χ1n) is 7.31. The topological polar surface area (TPSA) is 67.4 Å². The lowest BCUT2D eigenvalue weighted by Gasteiger charge is -2.29. The van der Waals surface area contributed by atoms with Gasteiger partial charge in [-0.05, 0) is 30.5 Å². The standard InChI is InChI=1S/C16H18Cl2N2O3/c1-3-4-5-12-13(15(21)23-2)14(20-16(22)19-12)10-7-6-9(17)8-11(10)18/h6-8,14H,3-5H2,1-2H3,(H2,19,20,22). The molecule has 0 aliphatic carbocycles. The normalized spacial score (nSPS) is 17.6. The van der Waals surface area contributed by atoms with Gasteiger partial charge in [-0.15, -0.1) is 0 Å². The third-order valence-electron chi connectivity index (χ3n) is 3.61. The Morgan fingerprint density at radius 3 is 2.70 bits per heavy atom. The van der Waals surface area contributed by atoms with Crippen LogP contribution in [0, 0.1) is 0 Å². The van der Waals surface area contributed by atoms with Gasteiger partial charge in [0.1, 0.15) is 0 Å². The second-order valence-electron chi connectivity index (χ2n) is 5.18. The molecule has 0 spiro atoms. The molecule has 1 aliphatic rings. The van der Waals surface area contributed by atoms with Gasteiger partial charge in [-0.1, -0.05) is 42.6 Å². The van der Waals surface area contributed by atoms with Gasteiger partial charge in [0.25, 0.3) is 0 Å². The fourth-order valence-corrected chi connectivity index (χ4v) is 3.01. The zero-order chi connectivity index (χ0) is 17.0. The average molecular weight is 357 g/mol. The molecule has 0 aromatic heterocycles. The highest BCUT2D eigenvalue weighted by Gasteiger charge is 2.34. The van der Waals surface area contributed by atoms with Crippen molar-refractivity contribution in [2.75, 3.05) is 7.11 Å². The van der Waals surface area contributed by atoms with E-state index in [-0.39, 0.29) is 6.03 Å². The molecule has 0 radical (unpaired) electrons. The molecular formula is C16H18Cl2N2O3. The minimum Gasteiger partial charge on any atom is -0.466 e. The Kier molecular flexibility index (Phi) is 5.91. The summed E-state index contributed by atoms with van der Waals surface area (Å²) in [4.78, 5) is 24.2. The number of carbonyl (C=O) groups excluding carboxylic acids is 2. The lowest BCUT2D eigenvalue weighted by atomic mass is 9.93. The Labute approximate surface area is 145 Å². The van der Waals surface area contributed by atoms with Crippen molar-refractivity contribution < 1.29 is 14.3 Å². The first-order valence-corrected chi connectivity index (χ1v) is 8.07. The number of amides is 2. The number of nitrogens with one attached hydrogen (secondary N) is 2. The SMILES string of the molecule is CCCCC1=C(C(=O)OC)C(c2ccc(Cl)cc2Cl)NC(=O)N1. The van der Waals surface area contributed by atoms with Crippen molar-refractivity contribution in [3.63, 3.8) is 0 Å². The number of methoxy groups -OCH3 is 1. The number of allylic oxidation sites excluding steroid dienone is 1. The van der Waals surface area contributed by atoms with E-state index in [2.05, 4.69) is 10.6 Å². The largest absolute Gasteiger partial charge is 0.466 e. The summed E-state index contributed by atoms with van der Waals surface area (Å²) >= 11 is 12.2. The van der Waals surface area contributed by atoms with Crippen LogP contribution in [-0.4, -0.2) is 19.1 Å². The van der Waals surface area contributed by atoms with E-state index in [1.807, 2.05) is 6.92 Å². The van der Waals surface area contributed by atoms with Crippen molar-refractivity contribution in [1.82, 2.24) is 10.6 Å². The van der Waals surface area contributed by atoms with Crippen LogP contribution in [0.15, 0.2) is 29.5 Å². The van der Waals surface area contributed by atoms with Crippen LogP contribution < -0.4 is 10.6 Å². The van der Waals surface area contributed by atoms with Crippen molar-refractivity contribution in [1.29, 1.82) is 0 Å². The van der Waals surface area contributed by atoms with Gasteiger partial charge >= 0.3 is 12.0 Å².